The van der Waals surface area contributed by atoms with E-state index >= 15 is 0 Å². The minimum Gasteiger partial charge on any atom is -0.336 e. The van der Waals surface area contributed by atoms with Gasteiger partial charge >= 0.3 is 0 Å². The predicted octanol–water partition coefficient (Wildman–Crippen LogP) is 2.17. The fraction of sp³-hybridized carbons (Fsp3) is 0.474. The van der Waals surface area contributed by atoms with E-state index in [-0.39, 0.29) is 11.9 Å². The quantitative estimate of drug-likeness (QED) is 0.853. The molecule has 2 heterocycles. The standard InChI is InChI=1S/C19H24N4OS/c1-22-9-8-21-19(22)17-12-20-7-10-23(17)18(24)13-25-16-6-5-14-3-2-4-15(14)11-16/h5-6,8-9,11,17,20H,2-4,7,10,12-13H2,1H3. The number of aryl methyl sites for hydroxylation is 3. The number of carbonyl (C=O) groups excluding carboxylic acids is 1. The monoisotopic (exact) mass is 356 g/mol. The van der Waals surface area contributed by atoms with Crippen molar-refractivity contribution in [3.63, 3.8) is 0 Å². The average Bonchev–Trinajstić information content (AvgIpc) is 3.27. The SMILES string of the molecule is Cn1ccnc1C1CNCCN1C(=O)CSc1ccc2c(c1)CCC2. The van der Waals surface area contributed by atoms with Crippen LogP contribution in [0.1, 0.15) is 29.4 Å². The molecule has 0 spiro atoms. The summed E-state index contributed by atoms with van der Waals surface area (Å²) < 4.78 is 2.01. The number of fused-ring (bicyclic) bond motifs is 1. The highest BCUT2D eigenvalue weighted by Crippen LogP contribution is 2.28. The number of nitrogens with one attached hydrogen (secondary N) is 1. The van der Waals surface area contributed by atoms with Crippen LogP contribution >= 0.6 is 11.8 Å². The van der Waals surface area contributed by atoms with Gasteiger partial charge in [0, 0.05) is 44.0 Å². The van der Waals surface area contributed by atoms with Crippen LogP contribution in [0.15, 0.2) is 35.5 Å². The van der Waals surface area contributed by atoms with Crippen LogP contribution < -0.4 is 5.32 Å². The van der Waals surface area contributed by atoms with E-state index in [1.165, 1.54) is 35.3 Å². The molecule has 4 rings (SSSR count). The lowest BCUT2D eigenvalue weighted by molar-refractivity contribution is -0.131. The molecule has 1 aliphatic heterocycles. The van der Waals surface area contributed by atoms with Crippen LogP contribution in [0.4, 0.5) is 0 Å². The van der Waals surface area contributed by atoms with Gasteiger partial charge in [0.25, 0.3) is 0 Å². The highest BCUT2D eigenvalue weighted by molar-refractivity contribution is 8.00. The molecule has 2 aliphatic rings. The van der Waals surface area contributed by atoms with Gasteiger partial charge in [-0.1, -0.05) is 6.07 Å². The number of imidazole rings is 1. The van der Waals surface area contributed by atoms with Crippen molar-refractivity contribution in [1.82, 2.24) is 19.8 Å². The van der Waals surface area contributed by atoms with Crippen LogP contribution in [0.2, 0.25) is 0 Å². The second-order valence-electron chi connectivity index (χ2n) is 6.78. The number of benzene rings is 1. The Morgan fingerprint density at radius 1 is 1.36 bits per heavy atom. The van der Waals surface area contributed by atoms with Gasteiger partial charge in [0.05, 0.1) is 5.75 Å². The summed E-state index contributed by atoms with van der Waals surface area (Å²) in [7, 11) is 1.99. The molecule has 1 aromatic heterocycles. The number of amides is 1. The van der Waals surface area contributed by atoms with Crippen molar-refractivity contribution < 1.29 is 4.79 Å². The molecular formula is C19H24N4OS. The maximum atomic E-state index is 12.9. The summed E-state index contributed by atoms with van der Waals surface area (Å²) in [4.78, 5) is 20.5. The third kappa shape index (κ3) is 3.46. The fourth-order valence-corrected chi connectivity index (χ4v) is 4.64. The first-order valence-electron chi connectivity index (χ1n) is 8.94. The molecule has 25 heavy (non-hydrogen) atoms. The molecule has 1 aliphatic carbocycles. The highest BCUT2D eigenvalue weighted by atomic mass is 32.2. The zero-order chi connectivity index (χ0) is 17.2. The first-order chi connectivity index (χ1) is 12.2. The van der Waals surface area contributed by atoms with E-state index in [0.717, 1.165) is 25.5 Å². The molecule has 1 aromatic carbocycles. The second-order valence-corrected chi connectivity index (χ2v) is 7.82. The maximum absolute atomic E-state index is 12.9. The Morgan fingerprint density at radius 2 is 2.24 bits per heavy atom. The van der Waals surface area contributed by atoms with Crippen LogP contribution in [0.25, 0.3) is 0 Å². The number of hydrogen-bond donors (Lipinski definition) is 1. The summed E-state index contributed by atoms with van der Waals surface area (Å²) in [6, 6.07) is 6.68. The van der Waals surface area contributed by atoms with E-state index < -0.39 is 0 Å². The summed E-state index contributed by atoms with van der Waals surface area (Å²) in [5, 5.41) is 3.38. The topological polar surface area (TPSA) is 50.2 Å². The molecule has 1 fully saturated rings. The molecule has 1 unspecified atom stereocenters. The number of piperazine rings is 1. The maximum Gasteiger partial charge on any atom is 0.233 e. The molecular weight excluding hydrogens is 332 g/mol. The molecule has 2 aromatic rings. The lowest BCUT2D eigenvalue weighted by atomic mass is 10.1. The van der Waals surface area contributed by atoms with Crippen molar-refractivity contribution in [3.05, 3.63) is 47.5 Å². The lowest BCUT2D eigenvalue weighted by Gasteiger charge is -2.35. The summed E-state index contributed by atoms with van der Waals surface area (Å²) >= 11 is 1.65. The average molecular weight is 356 g/mol. The zero-order valence-corrected chi connectivity index (χ0v) is 15.4. The number of nitrogens with zero attached hydrogens (tertiary/aromatic N) is 3. The Morgan fingerprint density at radius 3 is 3.08 bits per heavy atom. The summed E-state index contributed by atoms with van der Waals surface area (Å²) in [5.41, 5.74) is 2.94. The van der Waals surface area contributed by atoms with Crippen molar-refractivity contribution in [3.8, 4) is 0 Å². The van der Waals surface area contributed by atoms with Crippen molar-refractivity contribution in [2.75, 3.05) is 25.4 Å². The van der Waals surface area contributed by atoms with Crippen LogP contribution in [0, 0.1) is 0 Å². The van der Waals surface area contributed by atoms with Gasteiger partial charge in [-0.3, -0.25) is 4.79 Å². The van der Waals surface area contributed by atoms with E-state index in [4.69, 9.17) is 0 Å². The van der Waals surface area contributed by atoms with Gasteiger partial charge in [0.15, 0.2) is 0 Å². The number of rotatable bonds is 4. The molecule has 1 saturated heterocycles. The fourth-order valence-electron chi connectivity index (χ4n) is 3.80. The van der Waals surface area contributed by atoms with Gasteiger partial charge in [-0.2, -0.15) is 0 Å². The number of hydrogen-bond acceptors (Lipinski definition) is 4. The molecule has 1 atom stereocenters. The van der Waals surface area contributed by atoms with Crippen molar-refractivity contribution in [1.29, 1.82) is 0 Å². The van der Waals surface area contributed by atoms with Crippen molar-refractivity contribution in [2.45, 2.75) is 30.2 Å². The third-order valence-corrected chi connectivity index (χ3v) is 6.13. The molecule has 0 radical (unpaired) electrons. The Balaban J connectivity index is 1.43. The lowest BCUT2D eigenvalue weighted by Crippen LogP contribution is -2.50. The molecule has 1 N–H and O–H groups in total. The summed E-state index contributed by atoms with van der Waals surface area (Å²) in [5.74, 6) is 1.63. The Hall–Kier alpha value is -1.79. The molecule has 0 bridgehead atoms. The molecule has 0 saturated carbocycles. The van der Waals surface area contributed by atoms with E-state index in [0.29, 0.717) is 5.75 Å². The third-order valence-electron chi connectivity index (χ3n) is 5.15. The summed E-state index contributed by atoms with van der Waals surface area (Å²) in [6.07, 6.45) is 7.37. The van der Waals surface area contributed by atoms with E-state index in [9.17, 15) is 4.79 Å². The van der Waals surface area contributed by atoms with Crippen molar-refractivity contribution in [2.24, 2.45) is 7.05 Å². The number of carbonyl (C=O) groups is 1. The van der Waals surface area contributed by atoms with Crippen LogP contribution in [-0.2, 0) is 24.7 Å². The van der Waals surface area contributed by atoms with Crippen LogP contribution in [-0.4, -0.2) is 45.7 Å². The van der Waals surface area contributed by atoms with Crippen molar-refractivity contribution >= 4 is 17.7 Å². The van der Waals surface area contributed by atoms with Gasteiger partial charge in [0.2, 0.25) is 5.91 Å². The number of aromatic nitrogens is 2. The zero-order valence-electron chi connectivity index (χ0n) is 14.6. The van der Waals surface area contributed by atoms with Gasteiger partial charge in [0.1, 0.15) is 11.9 Å². The van der Waals surface area contributed by atoms with E-state index in [1.807, 2.05) is 22.7 Å². The first kappa shape index (κ1) is 16.7. The summed E-state index contributed by atoms with van der Waals surface area (Å²) in [6.45, 7) is 2.34. The smallest absolute Gasteiger partial charge is 0.233 e. The predicted molar refractivity (Wildman–Crippen MR) is 99.7 cm³/mol. The largest absolute Gasteiger partial charge is 0.336 e. The molecule has 6 heteroatoms. The highest BCUT2D eigenvalue weighted by Gasteiger charge is 2.30. The second kappa shape index (κ2) is 7.22. The Labute approximate surface area is 152 Å². The minimum atomic E-state index is 0.0156. The molecule has 1 amide bonds. The van der Waals surface area contributed by atoms with E-state index in [2.05, 4.69) is 28.5 Å². The van der Waals surface area contributed by atoms with E-state index in [1.54, 1.807) is 18.0 Å². The first-order valence-corrected chi connectivity index (χ1v) is 9.93. The van der Waals surface area contributed by atoms with Gasteiger partial charge < -0.3 is 14.8 Å². The van der Waals surface area contributed by atoms with Gasteiger partial charge in [-0.25, -0.2) is 4.98 Å². The normalized spacial score (nSPS) is 19.9. The van der Waals surface area contributed by atoms with Gasteiger partial charge in [-0.15, -0.1) is 11.8 Å². The van der Waals surface area contributed by atoms with Crippen LogP contribution in [0.5, 0.6) is 0 Å². The van der Waals surface area contributed by atoms with Crippen LogP contribution in [0.3, 0.4) is 0 Å². The minimum absolute atomic E-state index is 0.0156. The Bertz CT molecular complexity index is 773. The molecule has 132 valence electrons. The Kier molecular flexibility index (Phi) is 4.81. The number of thioether (sulfide) groups is 1. The van der Waals surface area contributed by atoms with Gasteiger partial charge in [-0.05, 0) is 42.5 Å². The molecule has 5 nitrogen and oxygen atoms in total.